The minimum Gasteiger partial charge on any atom is -0.497 e. The topological polar surface area (TPSA) is 96.0 Å². The van der Waals surface area contributed by atoms with Crippen LogP contribution in [0.4, 0.5) is 5.69 Å². The smallest absolute Gasteiger partial charge is 0.264 e. The summed E-state index contributed by atoms with van der Waals surface area (Å²) in [5.41, 5.74) is 1.61. The van der Waals surface area contributed by atoms with Gasteiger partial charge in [0.15, 0.2) is 0 Å². The molecule has 4 rings (SSSR count). The molecule has 2 atom stereocenters. The Bertz CT molecular complexity index is 1790. The number of anilines is 1. The van der Waals surface area contributed by atoms with E-state index in [1.165, 1.54) is 42.3 Å². The summed E-state index contributed by atoms with van der Waals surface area (Å²) < 4.78 is 34.6. The van der Waals surface area contributed by atoms with Crippen molar-refractivity contribution >= 4 is 62.3 Å². The van der Waals surface area contributed by atoms with Gasteiger partial charge in [0.2, 0.25) is 11.8 Å². The molecule has 0 aliphatic rings. The molecular weight excluding hydrogens is 681 g/mol. The number of rotatable bonds is 14. The molecule has 0 unspecified atom stereocenters. The summed E-state index contributed by atoms with van der Waals surface area (Å²) in [6.07, 6.45) is 0.853. The van der Waals surface area contributed by atoms with Gasteiger partial charge in [0, 0.05) is 24.0 Å². The van der Waals surface area contributed by atoms with Crippen LogP contribution in [0, 0.1) is 0 Å². The minimum atomic E-state index is -4.30. The lowest BCUT2D eigenvalue weighted by Crippen LogP contribution is -2.54. The normalized spacial score (nSPS) is 12.6. The van der Waals surface area contributed by atoms with Gasteiger partial charge in [-0.05, 0) is 79.1 Å². The van der Waals surface area contributed by atoms with Crippen molar-refractivity contribution < 1.29 is 22.7 Å². The average Bonchev–Trinajstić information content (AvgIpc) is 3.06. The van der Waals surface area contributed by atoms with Crippen molar-refractivity contribution in [2.45, 2.75) is 50.2 Å². The highest BCUT2D eigenvalue weighted by Gasteiger charge is 2.35. The maximum atomic E-state index is 14.6. The van der Waals surface area contributed by atoms with E-state index >= 15 is 0 Å². The van der Waals surface area contributed by atoms with Crippen molar-refractivity contribution in [1.82, 2.24) is 10.2 Å². The fourth-order valence-electron chi connectivity index (χ4n) is 4.86. The van der Waals surface area contributed by atoms with Gasteiger partial charge in [0.05, 0.1) is 27.7 Å². The third-order valence-corrected chi connectivity index (χ3v) is 10.4. The SMILES string of the molecule is CC[C@H](C)NC(=O)[C@H](Cc1ccccc1)N(Cc1ccc(Cl)c(Cl)c1)C(=O)CN(c1cccc(Cl)c1)S(=O)(=O)c1ccc(OC)cc1. The van der Waals surface area contributed by atoms with Gasteiger partial charge in [0.25, 0.3) is 10.0 Å². The van der Waals surface area contributed by atoms with Crippen molar-refractivity contribution in [2.75, 3.05) is 18.0 Å². The van der Waals surface area contributed by atoms with Crippen molar-refractivity contribution in [2.24, 2.45) is 0 Å². The average molecular weight is 717 g/mol. The van der Waals surface area contributed by atoms with Gasteiger partial charge >= 0.3 is 0 Å². The van der Waals surface area contributed by atoms with Crippen molar-refractivity contribution in [3.05, 3.63) is 123 Å². The van der Waals surface area contributed by atoms with Crippen molar-refractivity contribution in [3.63, 3.8) is 0 Å². The molecule has 0 bridgehead atoms. The zero-order valence-corrected chi connectivity index (χ0v) is 29.3. The molecule has 0 spiro atoms. The van der Waals surface area contributed by atoms with Gasteiger partial charge in [-0.3, -0.25) is 13.9 Å². The Morgan fingerprint density at radius 2 is 1.55 bits per heavy atom. The first kappa shape index (κ1) is 36.1. The minimum absolute atomic E-state index is 0.0485. The summed E-state index contributed by atoms with van der Waals surface area (Å²) in [5, 5.41) is 3.91. The Hall–Kier alpha value is -3.76. The molecule has 4 aromatic rings. The van der Waals surface area contributed by atoms with Crippen LogP contribution in [0.25, 0.3) is 0 Å². The van der Waals surface area contributed by atoms with Crippen LogP contribution in [0.2, 0.25) is 15.1 Å². The summed E-state index contributed by atoms with van der Waals surface area (Å²) >= 11 is 18.8. The molecule has 248 valence electrons. The van der Waals surface area contributed by atoms with E-state index in [0.717, 1.165) is 9.87 Å². The Morgan fingerprint density at radius 3 is 2.17 bits per heavy atom. The lowest BCUT2D eigenvalue weighted by molar-refractivity contribution is -0.140. The highest BCUT2D eigenvalue weighted by molar-refractivity contribution is 7.92. The molecule has 4 aromatic carbocycles. The van der Waals surface area contributed by atoms with Crippen LogP contribution in [-0.2, 0) is 32.6 Å². The molecular formula is C35H36Cl3N3O5S. The zero-order valence-electron chi connectivity index (χ0n) is 26.2. The second-order valence-electron chi connectivity index (χ2n) is 11.0. The van der Waals surface area contributed by atoms with Gasteiger partial charge in [-0.1, -0.05) is 84.2 Å². The van der Waals surface area contributed by atoms with Gasteiger partial charge in [-0.25, -0.2) is 8.42 Å². The van der Waals surface area contributed by atoms with Crippen LogP contribution < -0.4 is 14.4 Å². The number of nitrogens with zero attached hydrogens (tertiary/aromatic N) is 2. The molecule has 0 aliphatic heterocycles. The quantitative estimate of drug-likeness (QED) is 0.147. The maximum Gasteiger partial charge on any atom is 0.264 e. The van der Waals surface area contributed by atoms with Gasteiger partial charge in [-0.2, -0.15) is 0 Å². The lowest BCUT2D eigenvalue weighted by Gasteiger charge is -2.34. The number of nitrogens with one attached hydrogen (secondary N) is 1. The van der Waals surface area contributed by atoms with Crippen LogP contribution >= 0.6 is 34.8 Å². The molecule has 2 amide bonds. The summed E-state index contributed by atoms with van der Waals surface area (Å²) in [6, 6.07) is 25.2. The summed E-state index contributed by atoms with van der Waals surface area (Å²) in [4.78, 5) is 29.8. The first-order valence-electron chi connectivity index (χ1n) is 14.9. The van der Waals surface area contributed by atoms with Crippen LogP contribution in [0.5, 0.6) is 5.75 Å². The number of amides is 2. The van der Waals surface area contributed by atoms with E-state index in [2.05, 4.69) is 5.32 Å². The number of halogens is 3. The third kappa shape index (κ3) is 9.41. The third-order valence-electron chi connectivity index (χ3n) is 7.63. The predicted molar refractivity (Wildman–Crippen MR) is 188 cm³/mol. The number of benzene rings is 4. The summed E-state index contributed by atoms with van der Waals surface area (Å²) in [6.45, 7) is 3.15. The maximum absolute atomic E-state index is 14.6. The first-order valence-corrected chi connectivity index (χ1v) is 17.5. The summed E-state index contributed by atoms with van der Waals surface area (Å²) in [5.74, 6) is -0.518. The van der Waals surface area contributed by atoms with Crippen LogP contribution in [-0.4, -0.2) is 50.9 Å². The van der Waals surface area contributed by atoms with Gasteiger partial charge in [-0.15, -0.1) is 0 Å². The predicted octanol–water partition coefficient (Wildman–Crippen LogP) is 7.41. The number of methoxy groups -OCH3 is 1. The fraction of sp³-hybridized carbons (Fsp3) is 0.257. The van der Waals surface area contributed by atoms with E-state index in [4.69, 9.17) is 39.5 Å². The Kier molecular flexibility index (Phi) is 12.6. The lowest BCUT2D eigenvalue weighted by atomic mass is 10.0. The van der Waals surface area contributed by atoms with E-state index in [-0.39, 0.29) is 45.5 Å². The van der Waals surface area contributed by atoms with E-state index in [1.54, 1.807) is 36.4 Å². The fourth-order valence-corrected chi connectivity index (χ4v) is 6.78. The molecule has 0 saturated heterocycles. The Labute approximate surface area is 291 Å². The number of hydrogen-bond donors (Lipinski definition) is 1. The van der Waals surface area contributed by atoms with Gasteiger partial charge < -0.3 is 15.0 Å². The second kappa shape index (κ2) is 16.4. The molecule has 1 N–H and O–H groups in total. The molecule has 0 aromatic heterocycles. The molecule has 0 heterocycles. The zero-order chi connectivity index (χ0) is 34.1. The molecule has 0 saturated carbocycles. The standard InChI is InChI=1S/C35H36Cl3N3O5S/c1-4-24(2)39-35(43)33(20-25-9-6-5-7-10-25)40(22-26-13-18-31(37)32(38)19-26)34(42)23-41(28-12-8-11-27(36)21-28)47(44,45)30-16-14-29(46-3)15-17-30/h5-19,21,24,33H,4,20,22-23H2,1-3H3,(H,39,43)/t24-,33-/m0/s1. The van der Waals surface area contributed by atoms with E-state index in [1.807, 2.05) is 44.2 Å². The number of carbonyl (C=O) groups is 2. The monoisotopic (exact) mass is 715 g/mol. The molecule has 47 heavy (non-hydrogen) atoms. The van der Waals surface area contributed by atoms with Crippen LogP contribution in [0.1, 0.15) is 31.4 Å². The van der Waals surface area contributed by atoms with E-state index < -0.39 is 28.5 Å². The number of hydrogen-bond acceptors (Lipinski definition) is 5. The molecule has 12 heteroatoms. The van der Waals surface area contributed by atoms with E-state index in [0.29, 0.717) is 22.8 Å². The second-order valence-corrected chi connectivity index (χ2v) is 14.1. The molecule has 8 nitrogen and oxygen atoms in total. The van der Waals surface area contributed by atoms with E-state index in [9.17, 15) is 18.0 Å². The highest BCUT2D eigenvalue weighted by atomic mass is 35.5. The molecule has 0 fully saturated rings. The first-order chi connectivity index (χ1) is 22.4. The Morgan fingerprint density at radius 1 is 0.851 bits per heavy atom. The Balaban J connectivity index is 1.82. The van der Waals surface area contributed by atoms with Crippen LogP contribution in [0.3, 0.4) is 0 Å². The number of ether oxygens (including phenoxy) is 1. The van der Waals surface area contributed by atoms with Crippen molar-refractivity contribution in [1.29, 1.82) is 0 Å². The molecule has 0 aliphatic carbocycles. The molecule has 0 radical (unpaired) electrons. The highest BCUT2D eigenvalue weighted by Crippen LogP contribution is 2.29. The number of carbonyl (C=O) groups excluding carboxylic acids is 2. The van der Waals surface area contributed by atoms with Crippen LogP contribution in [0.15, 0.2) is 102 Å². The summed E-state index contributed by atoms with van der Waals surface area (Å²) in [7, 11) is -2.83. The van der Waals surface area contributed by atoms with Crippen molar-refractivity contribution in [3.8, 4) is 5.75 Å². The largest absolute Gasteiger partial charge is 0.497 e. The number of sulfonamides is 1. The van der Waals surface area contributed by atoms with Gasteiger partial charge in [0.1, 0.15) is 18.3 Å².